The third-order valence-corrected chi connectivity index (χ3v) is 3.16. The average Bonchev–Trinajstić information content (AvgIpc) is 3.00. The Balaban J connectivity index is 2.14. The molecule has 2 heterocycles. The number of aromatic nitrogens is 3. The van der Waals surface area contributed by atoms with Crippen molar-refractivity contribution in [1.82, 2.24) is 14.0 Å². The van der Waals surface area contributed by atoms with Gasteiger partial charge in [0, 0.05) is 37.3 Å². The van der Waals surface area contributed by atoms with Gasteiger partial charge in [0.2, 0.25) is 5.78 Å². The number of fused-ring (bicyclic) bond motifs is 1. The highest BCUT2D eigenvalue weighted by molar-refractivity contribution is 5.70. The summed E-state index contributed by atoms with van der Waals surface area (Å²) in [4.78, 5) is 4.61. The number of benzene rings is 1. The maximum atomic E-state index is 5.41. The first-order valence-corrected chi connectivity index (χ1v) is 5.95. The molecule has 0 bridgehead atoms. The number of aryl methyl sites for hydroxylation is 1. The normalized spacial score (nSPS) is 10.9. The molecule has 98 valence electrons. The molecular formula is C14H15N3O2. The van der Waals surface area contributed by atoms with Crippen LogP contribution >= 0.6 is 0 Å². The summed E-state index contributed by atoms with van der Waals surface area (Å²) in [5, 5.41) is 0. The molecule has 3 rings (SSSR count). The van der Waals surface area contributed by atoms with Crippen molar-refractivity contribution in [2.24, 2.45) is 7.05 Å². The van der Waals surface area contributed by atoms with Gasteiger partial charge in [-0.2, -0.15) is 0 Å². The Kier molecular flexibility index (Phi) is 2.67. The second-order valence-electron chi connectivity index (χ2n) is 4.31. The molecule has 0 saturated carbocycles. The van der Waals surface area contributed by atoms with Crippen LogP contribution in [0.15, 0.2) is 36.8 Å². The Morgan fingerprint density at radius 3 is 2.63 bits per heavy atom. The van der Waals surface area contributed by atoms with Crippen LogP contribution in [0.2, 0.25) is 0 Å². The van der Waals surface area contributed by atoms with Gasteiger partial charge in [0.1, 0.15) is 11.5 Å². The van der Waals surface area contributed by atoms with Gasteiger partial charge in [-0.05, 0) is 12.1 Å². The quantitative estimate of drug-likeness (QED) is 0.723. The van der Waals surface area contributed by atoms with Gasteiger partial charge in [-0.25, -0.2) is 4.98 Å². The molecule has 0 aliphatic heterocycles. The molecule has 3 aromatic rings. The second-order valence-corrected chi connectivity index (χ2v) is 4.31. The van der Waals surface area contributed by atoms with Crippen molar-refractivity contribution in [3.8, 4) is 22.8 Å². The van der Waals surface area contributed by atoms with E-state index in [9.17, 15) is 0 Å². The Morgan fingerprint density at radius 2 is 1.95 bits per heavy atom. The summed E-state index contributed by atoms with van der Waals surface area (Å²) in [6, 6.07) is 5.72. The number of hydrogen-bond acceptors (Lipinski definition) is 3. The van der Waals surface area contributed by atoms with Crippen LogP contribution in [0.5, 0.6) is 11.5 Å². The van der Waals surface area contributed by atoms with Gasteiger partial charge in [-0.1, -0.05) is 0 Å². The zero-order chi connectivity index (χ0) is 13.4. The monoisotopic (exact) mass is 257 g/mol. The lowest BCUT2D eigenvalue weighted by Gasteiger charge is -2.08. The summed E-state index contributed by atoms with van der Waals surface area (Å²) < 4.78 is 14.6. The molecule has 0 amide bonds. The Labute approximate surface area is 111 Å². The van der Waals surface area contributed by atoms with E-state index in [1.807, 2.05) is 52.8 Å². The van der Waals surface area contributed by atoms with Gasteiger partial charge in [-0.3, -0.25) is 4.40 Å². The molecular weight excluding hydrogens is 242 g/mol. The summed E-state index contributed by atoms with van der Waals surface area (Å²) in [6.45, 7) is 0. The van der Waals surface area contributed by atoms with Crippen LogP contribution in [0.1, 0.15) is 0 Å². The fraction of sp³-hybridized carbons (Fsp3) is 0.214. The van der Waals surface area contributed by atoms with Crippen LogP contribution in [0.25, 0.3) is 17.0 Å². The highest BCUT2D eigenvalue weighted by atomic mass is 16.5. The number of methoxy groups -OCH3 is 2. The van der Waals surface area contributed by atoms with E-state index in [-0.39, 0.29) is 0 Å². The maximum absolute atomic E-state index is 5.41. The number of rotatable bonds is 3. The molecule has 0 fully saturated rings. The van der Waals surface area contributed by atoms with E-state index in [1.54, 1.807) is 14.2 Å². The summed E-state index contributed by atoms with van der Waals surface area (Å²) in [5.74, 6) is 2.42. The van der Waals surface area contributed by atoms with Crippen molar-refractivity contribution in [1.29, 1.82) is 0 Å². The second kappa shape index (κ2) is 4.35. The van der Waals surface area contributed by atoms with Gasteiger partial charge in [0.25, 0.3) is 0 Å². The molecule has 0 unspecified atom stereocenters. The molecule has 0 aliphatic carbocycles. The SMILES string of the molecule is COc1ccc(-c2cn3ccn(C)c3n2)c(OC)c1. The lowest BCUT2D eigenvalue weighted by Crippen LogP contribution is -1.91. The zero-order valence-corrected chi connectivity index (χ0v) is 11.1. The van der Waals surface area contributed by atoms with Crippen molar-refractivity contribution in [2.45, 2.75) is 0 Å². The molecule has 2 aromatic heterocycles. The van der Waals surface area contributed by atoms with Crippen LogP contribution < -0.4 is 9.47 Å². The smallest absolute Gasteiger partial charge is 0.214 e. The highest BCUT2D eigenvalue weighted by Gasteiger charge is 2.12. The summed E-state index contributed by atoms with van der Waals surface area (Å²) in [7, 11) is 5.25. The van der Waals surface area contributed by atoms with Crippen molar-refractivity contribution in [3.63, 3.8) is 0 Å². The number of imidazole rings is 2. The molecule has 5 heteroatoms. The minimum atomic E-state index is 0.753. The third-order valence-electron chi connectivity index (χ3n) is 3.16. The molecule has 0 radical (unpaired) electrons. The van der Waals surface area contributed by atoms with E-state index in [1.165, 1.54) is 0 Å². The number of nitrogens with zero attached hydrogens (tertiary/aromatic N) is 3. The first-order chi connectivity index (χ1) is 9.22. The third kappa shape index (κ3) is 1.83. The van der Waals surface area contributed by atoms with Crippen LogP contribution in [0.4, 0.5) is 0 Å². The van der Waals surface area contributed by atoms with E-state index in [0.717, 1.165) is 28.5 Å². The Bertz CT molecular complexity index is 727. The van der Waals surface area contributed by atoms with Crippen LogP contribution in [0, 0.1) is 0 Å². The van der Waals surface area contributed by atoms with Gasteiger partial charge >= 0.3 is 0 Å². The zero-order valence-electron chi connectivity index (χ0n) is 11.1. The predicted octanol–water partition coefficient (Wildman–Crippen LogP) is 2.36. The predicted molar refractivity (Wildman–Crippen MR) is 72.7 cm³/mol. The fourth-order valence-electron chi connectivity index (χ4n) is 2.13. The van der Waals surface area contributed by atoms with Crippen molar-refractivity contribution in [2.75, 3.05) is 14.2 Å². The fourth-order valence-corrected chi connectivity index (χ4v) is 2.13. The average molecular weight is 257 g/mol. The molecule has 0 atom stereocenters. The van der Waals surface area contributed by atoms with Crippen molar-refractivity contribution < 1.29 is 9.47 Å². The van der Waals surface area contributed by atoms with Crippen molar-refractivity contribution in [3.05, 3.63) is 36.8 Å². The van der Waals surface area contributed by atoms with E-state index in [2.05, 4.69) is 4.98 Å². The van der Waals surface area contributed by atoms with Gasteiger partial charge < -0.3 is 14.0 Å². The lowest BCUT2D eigenvalue weighted by atomic mass is 10.1. The summed E-state index contributed by atoms with van der Waals surface area (Å²) >= 11 is 0. The van der Waals surface area contributed by atoms with Crippen LogP contribution in [0.3, 0.4) is 0 Å². The van der Waals surface area contributed by atoms with Gasteiger partial charge in [-0.15, -0.1) is 0 Å². The first kappa shape index (κ1) is 11.6. The molecule has 1 aromatic carbocycles. The standard InChI is InChI=1S/C14H15N3O2/c1-16-6-7-17-9-12(15-14(16)17)11-5-4-10(18-2)8-13(11)19-3/h4-9H,1-3H3. The molecule has 5 nitrogen and oxygen atoms in total. The highest BCUT2D eigenvalue weighted by Crippen LogP contribution is 2.32. The maximum Gasteiger partial charge on any atom is 0.214 e. The van der Waals surface area contributed by atoms with Crippen LogP contribution in [-0.2, 0) is 7.05 Å². The number of ether oxygens (including phenoxy) is 2. The Hall–Kier alpha value is -2.43. The Morgan fingerprint density at radius 1 is 1.11 bits per heavy atom. The number of hydrogen-bond donors (Lipinski definition) is 0. The minimum absolute atomic E-state index is 0.753. The minimum Gasteiger partial charge on any atom is -0.497 e. The van der Waals surface area contributed by atoms with Crippen molar-refractivity contribution >= 4 is 5.78 Å². The summed E-state index contributed by atoms with van der Waals surface area (Å²) in [5.41, 5.74) is 1.83. The molecule has 19 heavy (non-hydrogen) atoms. The topological polar surface area (TPSA) is 40.7 Å². The van der Waals surface area contributed by atoms with E-state index >= 15 is 0 Å². The van der Waals surface area contributed by atoms with E-state index < -0.39 is 0 Å². The van der Waals surface area contributed by atoms with Gasteiger partial charge in [0.05, 0.1) is 19.9 Å². The molecule has 0 N–H and O–H groups in total. The van der Waals surface area contributed by atoms with E-state index in [0.29, 0.717) is 0 Å². The largest absolute Gasteiger partial charge is 0.497 e. The first-order valence-electron chi connectivity index (χ1n) is 5.95. The van der Waals surface area contributed by atoms with Crippen LogP contribution in [-0.4, -0.2) is 28.2 Å². The van der Waals surface area contributed by atoms with Gasteiger partial charge in [0.15, 0.2) is 0 Å². The summed E-state index contributed by atoms with van der Waals surface area (Å²) in [6.07, 6.45) is 5.93. The molecule has 0 saturated heterocycles. The lowest BCUT2D eigenvalue weighted by molar-refractivity contribution is 0.395. The molecule has 0 aliphatic rings. The van der Waals surface area contributed by atoms with E-state index in [4.69, 9.17) is 9.47 Å². The molecule has 0 spiro atoms.